The summed E-state index contributed by atoms with van der Waals surface area (Å²) >= 11 is 4.05. The van der Waals surface area contributed by atoms with E-state index < -0.39 is 0 Å². The van der Waals surface area contributed by atoms with Gasteiger partial charge in [-0.25, -0.2) is 9.97 Å². The molecule has 4 saturated carbocycles. The molecular formula is C22H29BrN4O2. The van der Waals surface area contributed by atoms with E-state index in [0.29, 0.717) is 48.5 Å². The molecule has 0 radical (unpaired) electrons. The monoisotopic (exact) mass is 460 g/mol. The quantitative estimate of drug-likeness (QED) is 0.693. The van der Waals surface area contributed by atoms with Gasteiger partial charge in [0.2, 0.25) is 17.8 Å². The number of halogens is 1. The number of nitrogens with zero attached hydrogens (tertiary/aromatic N) is 3. The highest BCUT2D eigenvalue weighted by Gasteiger charge is 2.57. The topological polar surface area (TPSA) is 75.2 Å². The Morgan fingerprint density at radius 3 is 2.38 bits per heavy atom. The molecule has 0 spiro atoms. The van der Waals surface area contributed by atoms with Gasteiger partial charge in [0, 0.05) is 42.1 Å². The minimum Gasteiger partial charge on any atom is -0.343 e. The van der Waals surface area contributed by atoms with Crippen LogP contribution in [0.2, 0.25) is 0 Å². The van der Waals surface area contributed by atoms with Gasteiger partial charge in [0.05, 0.1) is 0 Å². The lowest BCUT2D eigenvalue weighted by atomic mass is 9.48. The molecule has 7 heteroatoms. The first kappa shape index (κ1) is 19.5. The van der Waals surface area contributed by atoms with Crippen molar-refractivity contribution in [2.24, 2.45) is 23.2 Å². The molecule has 1 saturated heterocycles. The Bertz CT molecular complexity index is 779. The number of hydrogen-bond donors (Lipinski definition) is 1. The summed E-state index contributed by atoms with van der Waals surface area (Å²) in [5.74, 6) is 2.14. The van der Waals surface area contributed by atoms with E-state index in [-0.39, 0.29) is 17.2 Å². The number of anilines is 1. The van der Waals surface area contributed by atoms with Gasteiger partial charge >= 0.3 is 0 Å². The molecule has 1 aromatic rings. The Balaban J connectivity index is 1.15. The van der Waals surface area contributed by atoms with Gasteiger partial charge in [-0.1, -0.05) is 15.9 Å². The van der Waals surface area contributed by atoms with Crippen molar-refractivity contribution in [3.05, 3.63) is 18.5 Å². The molecule has 156 valence electrons. The van der Waals surface area contributed by atoms with Crippen LogP contribution in [-0.4, -0.2) is 44.1 Å². The third-order valence-electron chi connectivity index (χ3n) is 7.66. The van der Waals surface area contributed by atoms with Crippen molar-refractivity contribution in [3.8, 4) is 0 Å². The van der Waals surface area contributed by atoms with Crippen LogP contribution >= 0.6 is 15.9 Å². The number of hydrogen-bond acceptors (Lipinski definition) is 4. The van der Waals surface area contributed by atoms with E-state index in [1.165, 1.54) is 32.1 Å². The lowest BCUT2D eigenvalue weighted by molar-refractivity contribution is -0.141. The predicted molar refractivity (Wildman–Crippen MR) is 113 cm³/mol. The number of nitrogens with one attached hydrogen (secondary N) is 1. The molecule has 5 aliphatic rings. The molecule has 2 unspecified atom stereocenters. The van der Waals surface area contributed by atoms with Crippen molar-refractivity contribution in [1.82, 2.24) is 14.9 Å². The smallest absolute Gasteiger partial charge is 0.229 e. The second kappa shape index (κ2) is 7.33. The number of likely N-dealkylation sites (tertiary alicyclic amines) is 1. The van der Waals surface area contributed by atoms with Crippen LogP contribution in [0.3, 0.4) is 0 Å². The second-order valence-electron chi connectivity index (χ2n) is 10.0. The fraction of sp³-hybridized carbons (Fsp3) is 0.727. The van der Waals surface area contributed by atoms with Crippen LogP contribution in [0.5, 0.6) is 0 Å². The fourth-order valence-electron chi connectivity index (χ4n) is 6.94. The molecular weight excluding hydrogens is 432 g/mol. The van der Waals surface area contributed by atoms with Gasteiger partial charge in [0.25, 0.3) is 0 Å². The van der Waals surface area contributed by atoms with Gasteiger partial charge in [-0.3, -0.25) is 14.9 Å². The third-order valence-corrected chi connectivity index (χ3v) is 8.58. The lowest BCUT2D eigenvalue weighted by Crippen LogP contribution is -2.54. The average molecular weight is 461 g/mol. The van der Waals surface area contributed by atoms with Gasteiger partial charge in [0.15, 0.2) is 0 Å². The minimum absolute atomic E-state index is 0.0365. The minimum atomic E-state index is -0.0757. The number of carbonyl (C=O) groups excluding carboxylic acids is 2. The summed E-state index contributed by atoms with van der Waals surface area (Å²) < 4.78 is 0.294. The summed E-state index contributed by atoms with van der Waals surface area (Å²) in [7, 11) is 0. The number of carbonyl (C=O) groups is 2. The van der Waals surface area contributed by atoms with Crippen molar-refractivity contribution in [3.63, 3.8) is 0 Å². The number of alkyl halides is 1. The summed E-state index contributed by atoms with van der Waals surface area (Å²) in [6.45, 7) is 1.35. The molecule has 29 heavy (non-hydrogen) atoms. The highest BCUT2D eigenvalue weighted by Crippen LogP contribution is 2.65. The van der Waals surface area contributed by atoms with Crippen molar-refractivity contribution in [2.45, 2.75) is 62.1 Å². The average Bonchev–Trinajstić information content (AvgIpc) is 2.66. The Labute approximate surface area is 180 Å². The zero-order valence-electron chi connectivity index (χ0n) is 16.8. The lowest BCUT2D eigenvalue weighted by Gasteiger charge is -2.60. The molecule has 1 aliphatic heterocycles. The fourth-order valence-corrected chi connectivity index (χ4v) is 8.45. The molecule has 4 bridgehead atoms. The molecule has 5 fully saturated rings. The van der Waals surface area contributed by atoms with Crippen molar-refractivity contribution in [1.29, 1.82) is 0 Å². The van der Waals surface area contributed by atoms with Crippen molar-refractivity contribution in [2.75, 3.05) is 18.4 Å². The zero-order chi connectivity index (χ0) is 20.1. The summed E-state index contributed by atoms with van der Waals surface area (Å²) in [4.78, 5) is 35.7. The first-order chi connectivity index (χ1) is 13.9. The van der Waals surface area contributed by atoms with Gasteiger partial charge in [-0.15, -0.1) is 0 Å². The van der Waals surface area contributed by atoms with E-state index in [9.17, 15) is 9.59 Å². The Kier molecular flexibility index (Phi) is 4.92. The van der Waals surface area contributed by atoms with Crippen molar-refractivity contribution >= 4 is 33.7 Å². The highest BCUT2D eigenvalue weighted by molar-refractivity contribution is 9.10. The Hall–Kier alpha value is -1.50. The molecule has 6 rings (SSSR count). The SMILES string of the molecule is O=C(Nc1ncccn1)C1CCN(C(=O)CC23CC4CC(CC(Br)(C4)C2)C3)CC1. The molecule has 2 atom stereocenters. The van der Waals surface area contributed by atoms with E-state index >= 15 is 0 Å². The van der Waals surface area contributed by atoms with Gasteiger partial charge < -0.3 is 4.90 Å². The summed E-state index contributed by atoms with van der Waals surface area (Å²) in [5, 5.41) is 2.79. The zero-order valence-corrected chi connectivity index (χ0v) is 18.4. The number of aromatic nitrogens is 2. The van der Waals surface area contributed by atoms with Crippen LogP contribution in [0.1, 0.15) is 57.8 Å². The Morgan fingerprint density at radius 1 is 1.10 bits per heavy atom. The van der Waals surface area contributed by atoms with Crippen LogP contribution in [0.15, 0.2) is 18.5 Å². The maximum absolute atomic E-state index is 13.1. The number of amides is 2. The van der Waals surface area contributed by atoms with Crippen LogP contribution in [0, 0.1) is 23.2 Å². The van der Waals surface area contributed by atoms with Crippen LogP contribution in [-0.2, 0) is 9.59 Å². The van der Waals surface area contributed by atoms with Gasteiger partial charge in [-0.05, 0) is 74.7 Å². The molecule has 1 aromatic heterocycles. The highest BCUT2D eigenvalue weighted by atomic mass is 79.9. The standard InChI is InChI=1S/C22H29BrN4O2/c23-22-11-15-8-16(12-22)10-21(9-15,14-22)13-18(28)27-6-2-17(3-7-27)19(29)26-20-24-4-1-5-25-20/h1,4-5,15-17H,2-3,6-14H2,(H,24,25,26,29). The van der Waals surface area contributed by atoms with Crippen LogP contribution in [0.4, 0.5) is 5.95 Å². The first-order valence-corrected chi connectivity index (χ1v) is 11.8. The third kappa shape index (κ3) is 3.94. The van der Waals surface area contributed by atoms with E-state index in [1.807, 2.05) is 4.90 Å². The van der Waals surface area contributed by atoms with E-state index in [4.69, 9.17) is 0 Å². The summed E-state index contributed by atoms with van der Waals surface area (Å²) in [5.41, 5.74) is 0.212. The maximum Gasteiger partial charge on any atom is 0.229 e. The molecule has 6 nitrogen and oxygen atoms in total. The Morgan fingerprint density at radius 2 is 1.76 bits per heavy atom. The normalized spacial score (nSPS) is 36.2. The predicted octanol–water partition coefficient (Wildman–Crippen LogP) is 3.78. The molecule has 4 aliphatic carbocycles. The largest absolute Gasteiger partial charge is 0.343 e. The second-order valence-corrected chi connectivity index (χ2v) is 11.7. The molecule has 0 aromatic carbocycles. The summed E-state index contributed by atoms with van der Waals surface area (Å²) in [6.07, 6.45) is 13.0. The molecule has 2 amide bonds. The van der Waals surface area contributed by atoms with Crippen LogP contribution in [0.25, 0.3) is 0 Å². The number of piperidine rings is 1. The molecule has 2 heterocycles. The van der Waals surface area contributed by atoms with Crippen LogP contribution < -0.4 is 5.32 Å². The maximum atomic E-state index is 13.1. The summed E-state index contributed by atoms with van der Waals surface area (Å²) in [6, 6.07) is 1.72. The number of rotatable bonds is 4. The van der Waals surface area contributed by atoms with E-state index in [2.05, 4.69) is 31.2 Å². The van der Waals surface area contributed by atoms with Gasteiger partial charge in [-0.2, -0.15) is 0 Å². The van der Waals surface area contributed by atoms with E-state index in [0.717, 1.165) is 18.3 Å². The van der Waals surface area contributed by atoms with Gasteiger partial charge in [0.1, 0.15) is 0 Å². The van der Waals surface area contributed by atoms with Crippen molar-refractivity contribution < 1.29 is 9.59 Å². The first-order valence-electron chi connectivity index (χ1n) is 11.0. The molecule has 1 N–H and O–H groups in total. The van der Waals surface area contributed by atoms with E-state index in [1.54, 1.807) is 18.5 Å².